The largest absolute Gasteiger partial charge is 0.461 e. The van der Waals surface area contributed by atoms with Crippen molar-refractivity contribution in [3.8, 4) is 5.69 Å². The Morgan fingerprint density at radius 3 is 2.62 bits per heavy atom. The highest BCUT2D eigenvalue weighted by molar-refractivity contribution is 5.92. The molecule has 32 heavy (non-hydrogen) atoms. The number of anilines is 1. The third kappa shape index (κ3) is 4.15. The van der Waals surface area contributed by atoms with Gasteiger partial charge in [0.05, 0.1) is 18.7 Å². The Labute approximate surface area is 182 Å². The van der Waals surface area contributed by atoms with E-state index in [2.05, 4.69) is 20.5 Å². The van der Waals surface area contributed by atoms with Gasteiger partial charge in [0.15, 0.2) is 11.3 Å². The molecule has 0 saturated carbocycles. The van der Waals surface area contributed by atoms with E-state index in [1.807, 2.05) is 13.8 Å². The molecule has 3 aromatic heterocycles. The fraction of sp³-hybridized carbons (Fsp3) is 0.227. The van der Waals surface area contributed by atoms with Crippen LogP contribution in [0.5, 0.6) is 0 Å². The molecule has 2 N–H and O–H groups in total. The third-order valence-electron chi connectivity index (χ3n) is 5.03. The number of amides is 1. The van der Waals surface area contributed by atoms with Crippen LogP contribution >= 0.6 is 0 Å². The van der Waals surface area contributed by atoms with E-state index < -0.39 is 5.97 Å². The molecule has 3 heterocycles. The first-order valence-corrected chi connectivity index (χ1v) is 10.1. The molecule has 1 aromatic carbocycles. The molecular formula is C22H22N6O4. The van der Waals surface area contributed by atoms with Crippen LogP contribution in [0, 0.1) is 13.8 Å². The molecule has 0 atom stereocenters. The number of esters is 1. The molecule has 0 radical (unpaired) electrons. The van der Waals surface area contributed by atoms with E-state index in [0.29, 0.717) is 17.0 Å². The molecule has 0 fully saturated rings. The van der Waals surface area contributed by atoms with E-state index in [4.69, 9.17) is 4.74 Å². The van der Waals surface area contributed by atoms with Gasteiger partial charge in [0.2, 0.25) is 5.91 Å². The molecule has 0 unspecified atom stereocenters. The van der Waals surface area contributed by atoms with Crippen molar-refractivity contribution < 1.29 is 14.3 Å². The SMILES string of the molecule is CCOC(=O)c1ccn(-c2ccc(NC(=O)Cc3c(C)nc4cc(=O)[nH]n4c3C)cc2)n1. The number of nitrogens with zero attached hydrogens (tertiary/aromatic N) is 4. The average molecular weight is 434 g/mol. The first kappa shape index (κ1) is 21.0. The van der Waals surface area contributed by atoms with Crippen LogP contribution in [0.4, 0.5) is 5.69 Å². The van der Waals surface area contributed by atoms with Gasteiger partial charge in [-0.15, -0.1) is 0 Å². The summed E-state index contributed by atoms with van der Waals surface area (Å²) in [6.45, 7) is 5.67. The number of carbonyl (C=O) groups is 2. The molecule has 10 nitrogen and oxygen atoms in total. The van der Waals surface area contributed by atoms with Crippen molar-refractivity contribution in [3.05, 3.63) is 75.6 Å². The summed E-state index contributed by atoms with van der Waals surface area (Å²) in [5.41, 5.74) is 4.07. The Bertz CT molecular complexity index is 1360. The number of hydrogen-bond acceptors (Lipinski definition) is 6. The maximum Gasteiger partial charge on any atom is 0.358 e. The van der Waals surface area contributed by atoms with Crippen LogP contribution in [0.1, 0.15) is 34.4 Å². The van der Waals surface area contributed by atoms with Crippen LogP contribution < -0.4 is 10.9 Å². The highest BCUT2D eigenvalue weighted by atomic mass is 16.5. The highest BCUT2D eigenvalue weighted by Gasteiger charge is 2.15. The highest BCUT2D eigenvalue weighted by Crippen LogP contribution is 2.17. The van der Waals surface area contributed by atoms with E-state index in [1.54, 1.807) is 52.6 Å². The number of aromatic amines is 1. The molecule has 4 rings (SSSR count). The number of hydrogen-bond donors (Lipinski definition) is 2. The number of aryl methyl sites for hydroxylation is 2. The minimum atomic E-state index is -0.475. The lowest BCUT2D eigenvalue weighted by Gasteiger charge is -2.12. The van der Waals surface area contributed by atoms with Gasteiger partial charge >= 0.3 is 5.97 Å². The Hall–Kier alpha value is -4.21. The molecule has 0 bridgehead atoms. The Kier molecular flexibility index (Phi) is 5.59. The summed E-state index contributed by atoms with van der Waals surface area (Å²) < 4.78 is 8.09. The zero-order valence-corrected chi connectivity index (χ0v) is 17.9. The van der Waals surface area contributed by atoms with E-state index in [1.165, 1.54) is 6.07 Å². The number of nitrogens with one attached hydrogen (secondary N) is 2. The van der Waals surface area contributed by atoms with Gasteiger partial charge < -0.3 is 10.1 Å². The minimum Gasteiger partial charge on any atom is -0.461 e. The van der Waals surface area contributed by atoms with Crippen molar-refractivity contribution in [2.45, 2.75) is 27.2 Å². The standard InChI is InChI=1S/C22H22N6O4/c1-4-32-22(31)18-9-10-27(25-18)16-7-5-15(6-8-16)24-20(29)11-17-13(2)23-19-12-21(30)26-28(19)14(17)3/h5-10,12H,4,11H2,1-3H3,(H,24,29)(H,26,30). The normalized spacial score (nSPS) is 11.0. The molecule has 0 aliphatic rings. The van der Waals surface area contributed by atoms with Crippen LogP contribution in [-0.4, -0.2) is 42.9 Å². The number of rotatable bonds is 6. The third-order valence-corrected chi connectivity index (χ3v) is 5.03. The van der Waals surface area contributed by atoms with Gasteiger partial charge in [-0.2, -0.15) is 5.10 Å². The van der Waals surface area contributed by atoms with Gasteiger partial charge in [-0.1, -0.05) is 0 Å². The van der Waals surface area contributed by atoms with Gasteiger partial charge in [0, 0.05) is 34.9 Å². The topological polar surface area (TPSA) is 123 Å². The van der Waals surface area contributed by atoms with Gasteiger partial charge in [0.1, 0.15) is 0 Å². The lowest BCUT2D eigenvalue weighted by Crippen LogP contribution is -2.18. The van der Waals surface area contributed by atoms with Crippen molar-refractivity contribution >= 4 is 23.2 Å². The van der Waals surface area contributed by atoms with Crippen molar-refractivity contribution in [1.82, 2.24) is 24.4 Å². The zero-order valence-electron chi connectivity index (χ0n) is 17.9. The summed E-state index contributed by atoms with van der Waals surface area (Å²) in [7, 11) is 0. The van der Waals surface area contributed by atoms with Crippen LogP contribution in [0.25, 0.3) is 11.3 Å². The summed E-state index contributed by atoms with van der Waals surface area (Å²) in [5, 5.41) is 9.76. The molecule has 0 spiro atoms. The molecule has 1 amide bonds. The summed E-state index contributed by atoms with van der Waals surface area (Å²) in [6.07, 6.45) is 1.78. The summed E-state index contributed by atoms with van der Waals surface area (Å²) in [4.78, 5) is 40.4. The van der Waals surface area contributed by atoms with Crippen molar-refractivity contribution in [2.75, 3.05) is 11.9 Å². The first-order valence-electron chi connectivity index (χ1n) is 10.1. The van der Waals surface area contributed by atoms with Crippen LogP contribution in [-0.2, 0) is 16.0 Å². The smallest absolute Gasteiger partial charge is 0.358 e. The van der Waals surface area contributed by atoms with Crippen LogP contribution in [0.2, 0.25) is 0 Å². The Morgan fingerprint density at radius 1 is 1.16 bits per heavy atom. The summed E-state index contributed by atoms with van der Waals surface area (Å²) in [6, 6.07) is 10.1. The van der Waals surface area contributed by atoms with Gasteiger partial charge in [0.25, 0.3) is 5.56 Å². The van der Waals surface area contributed by atoms with E-state index in [9.17, 15) is 14.4 Å². The van der Waals surface area contributed by atoms with Crippen LogP contribution in [0.15, 0.2) is 47.4 Å². The van der Waals surface area contributed by atoms with Crippen molar-refractivity contribution in [1.29, 1.82) is 0 Å². The lowest BCUT2D eigenvalue weighted by molar-refractivity contribution is -0.115. The number of carbonyl (C=O) groups excluding carboxylic acids is 2. The van der Waals surface area contributed by atoms with Crippen molar-refractivity contribution in [3.63, 3.8) is 0 Å². The lowest BCUT2D eigenvalue weighted by atomic mass is 10.1. The van der Waals surface area contributed by atoms with Crippen LogP contribution in [0.3, 0.4) is 0 Å². The summed E-state index contributed by atoms with van der Waals surface area (Å²) in [5.74, 6) is -0.680. The molecule has 10 heteroatoms. The molecule has 164 valence electrons. The maximum absolute atomic E-state index is 12.6. The van der Waals surface area contributed by atoms with E-state index >= 15 is 0 Å². The molecular weight excluding hydrogens is 412 g/mol. The van der Waals surface area contributed by atoms with E-state index in [-0.39, 0.29) is 30.2 Å². The first-order chi connectivity index (χ1) is 15.4. The summed E-state index contributed by atoms with van der Waals surface area (Å²) >= 11 is 0. The van der Waals surface area contributed by atoms with Gasteiger partial charge in [-0.3, -0.25) is 14.7 Å². The monoisotopic (exact) mass is 434 g/mol. The minimum absolute atomic E-state index is 0.116. The van der Waals surface area contributed by atoms with Gasteiger partial charge in [-0.05, 0) is 51.1 Å². The molecule has 0 aliphatic heterocycles. The molecule has 0 aliphatic carbocycles. The zero-order chi connectivity index (χ0) is 22.8. The number of aromatic nitrogens is 5. The van der Waals surface area contributed by atoms with E-state index in [0.717, 1.165) is 16.9 Å². The number of H-pyrrole nitrogens is 1. The van der Waals surface area contributed by atoms with Crippen molar-refractivity contribution in [2.24, 2.45) is 0 Å². The molecule has 4 aromatic rings. The average Bonchev–Trinajstić information content (AvgIpc) is 3.39. The number of benzene rings is 1. The Balaban J connectivity index is 1.46. The predicted molar refractivity (Wildman–Crippen MR) is 117 cm³/mol. The van der Waals surface area contributed by atoms with Gasteiger partial charge in [-0.25, -0.2) is 19.0 Å². The fourth-order valence-electron chi connectivity index (χ4n) is 3.46. The fourth-order valence-corrected chi connectivity index (χ4v) is 3.46. The number of ether oxygens (including phenoxy) is 1. The molecule has 0 saturated heterocycles. The quantitative estimate of drug-likeness (QED) is 0.449. The predicted octanol–water partition coefficient (Wildman–Crippen LogP) is 2.18. The second-order valence-electron chi connectivity index (χ2n) is 7.21. The Morgan fingerprint density at radius 2 is 1.91 bits per heavy atom. The maximum atomic E-state index is 12.6. The second kappa shape index (κ2) is 8.50. The second-order valence-corrected chi connectivity index (χ2v) is 7.21. The number of fused-ring (bicyclic) bond motifs is 1.